The number of likely N-dealkylation sites (N-methyl/N-ethyl adjacent to an activating group) is 1. The van der Waals surface area contributed by atoms with Crippen LogP contribution in [-0.2, 0) is 6.54 Å². The molecule has 0 saturated heterocycles. The molecule has 0 aromatic carbocycles. The molecule has 0 saturated carbocycles. The van der Waals surface area contributed by atoms with Crippen molar-refractivity contribution in [3.8, 4) is 0 Å². The molecule has 1 unspecified atom stereocenters. The summed E-state index contributed by atoms with van der Waals surface area (Å²) in [6.07, 6.45) is 3.19. The molecule has 17 heavy (non-hydrogen) atoms. The molecule has 1 aromatic heterocycles. The Morgan fingerprint density at radius 3 is 2.82 bits per heavy atom. The number of aliphatic hydroxyl groups is 1. The third kappa shape index (κ3) is 5.81. The Labute approximate surface area is 103 Å². The molecule has 5 nitrogen and oxygen atoms in total. The average Bonchev–Trinajstić information content (AvgIpc) is 2.76. The molecule has 0 spiro atoms. The van der Waals surface area contributed by atoms with Gasteiger partial charge in [0.2, 0.25) is 0 Å². The lowest BCUT2D eigenvalue weighted by Crippen LogP contribution is -2.37. The van der Waals surface area contributed by atoms with E-state index in [1.807, 2.05) is 12.3 Å². The molecule has 1 aromatic rings. The van der Waals surface area contributed by atoms with Crippen LogP contribution in [0.15, 0.2) is 18.5 Å². The molecule has 0 radical (unpaired) electrons. The SMILES string of the molecule is CC(C)N(C)CCNCC(O)Cn1cccn1. The number of nitrogens with one attached hydrogen (secondary N) is 1. The summed E-state index contributed by atoms with van der Waals surface area (Å²) in [5, 5.41) is 17.1. The van der Waals surface area contributed by atoms with Crippen LogP contribution < -0.4 is 5.32 Å². The minimum Gasteiger partial charge on any atom is -0.390 e. The van der Waals surface area contributed by atoms with Gasteiger partial charge in [0.25, 0.3) is 0 Å². The highest BCUT2D eigenvalue weighted by Gasteiger charge is 2.06. The van der Waals surface area contributed by atoms with Gasteiger partial charge < -0.3 is 15.3 Å². The molecule has 2 N–H and O–H groups in total. The van der Waals surface area contributed by atoms with Crippen LogP contribution in [0.2, 0.25) is 0 Å². The van der Waals surface area contributed by atoms with Crippen molar-refractivity contribution >= 4 is 0 Å². The normalized spacial score (nSPS) is 13.5. The van der Waals surface area contributed by atoms with Crippen LogP contribution in [0.4, 0.5) is 0 Å². The van der Waals surface area contributed by atoms with E-state index in [1.165, 1.54) is 0 Å². The zero-order valence-electron chi connectivity index (χ0n) is 11.0. The fraction of sp³-hybridized carbons (Fsp3) is 0.750. The van der Waals surface area contributed by atoms with Gasteiger partial charge in [0.1, 0.15) is 0 Å². The summed E-state index contributed by atoms with van der Waals surface area (Å²) in [6.45, 7) is 7.38. The monoisotopic (exact) mass is 240 g/mol. The third-order valence-electron chi connectivity index (χ3n) is 2.86. The molecule has 1 rings (SSSR count). The largest absolute Gasteiger partial charge is 0.390 e. The van der Waals surface area contributed by atoms with Gasteiger partial charge in [0.05, 0.1) is 12.6 Å². The van der Waals surface area contributed by atoms with Gasteiger partial charge in [-0.1, -0.05) is 0 Å². The van der Waals surface area contributed by atoms with Crippen molar-refractivity contribution < 1.29 is 5.11 Å². The lowest BCUT2D eigenvalue weighted by Gasteiger charge is -2.21. The van der Waals surface area contributed by atoms with E-state index in [0.717, 1.165) is 13.1 Å². The van der Waals surface area contributed by atoms with Gasteiger partial charge in [-0.05, 0) is 27.0 Å². The third-order valence-corrected chi connectivity index (χ3v) is 2.86. The van der Waals surface area contributed by atoms with E-state index in [1.54, 1.807) is 10.9 Å². The van der Waals surface area contributed by atoms with Gasteiger partial charge in [0.15, 0.2) is 0 Å². The summed E-state index contributed by atoms with van der Waals surface area (Å²) in [6, 6.07) is 2.42. The summed E-state index contributed by atoms with van der Waals surface area (Å²) in [4.78, 5) is 2.27. The average molecular weight is 240 g/mol. The first-order valence-electron chi connectivity index (χ1n) is 6.16. The second-order valence-electron chi connectivity index (χ2n) is 4.66. The predicted octanol–water partition coefficient (Wildman–Crippen LogP) is 0.174. The summed E-state index contributed by atoms with van der Waals surface area (Å²) in [7, 11) is 2.10. The molecule has 0 fully saturated rings. The predicted molar refractivity (Wildman–Crippen MR) is 68.9 cm³/mol. The zero-order chi connectivity index (χ0) is 12.7. The highest BCUT2D eigenvalue weighted by molar-refractivity contribution is 4.78. The minimum absolute atomic E-state index is 0.390. The molecule has 0 bridgehead atoms. The fourth-order valence-corrected chi connectivity index (χ4v) is 1.47. The standard InChI is InChI=1S/C12H24N4O/c1-11(2)15(3)8-6-13-9-12(17)10-16-7-4-5-14-16/h4-5,7,11-13,17H,6,8-10H2,1-3H3. The quantitative estimate of drug-likeness (QED) is 0.636. The Bertz CT molecular complexity index is 287. The molecule has 5 heteroatoms. The molecule has 0 aliphatic heterocycles. The van der Waals surface area contributed by atoms with E-state index in [9.17, 15) is 5.11 Å². The van der Waals surface area contributed by atoms with Crippen molar-refractivity contribution in [2.45, 2.75) is 32.5 Å². The van der Waals surface area contributed by atoms with E-state index in [2.05, 4.69) is 36.2 Å². The van der Waals surface area contributed by atoms with Crippen LogP contribution in [0.3, 0.4) is 0 Å². The maximum absolute atomic E-state index is 9.76. The number of hydrogen-bond donors (Lipinski definition) is 2. The van der Waals surface area contributed by atoms with Crippen molar-refractivity contribution in [1.82, 2.24) is 20.0 Å². The van der Waals surface area contributed by atoms with Crippen molar-refractivity contribution in [1.29, 1.82) is 0 Å². The highest BCUT2D eigenvalue weighted by atomic mass is 16.3. The van der Waals surface area contributed by atoms with Crippen LogP contribution in [0.5, 0.6) is 0 Å². The van der Waals surface area contributed by atoms with Crippen molar-refractivity contribution in [2.24, 2.45) is 0 Å². The summed E-state index contributed by atoms with van der Waals surface area (Å²) < 4.78 is 1.74. The molecule has 1 heterocycles. The summed E-state index contributed by atoms with van der Waals surface area (Å²) in [5.74, 6) is 0. The topological polar surface area (TPSA) is 53.3 Å². The number of rotatable bonds is 8. The van der Waals surface area contributed by atoms with Crippen molar-refractivity contribution in [2.75, 3.05) is 26.7 Å². The van der Waals surface area contributed by atoms with Gasteiger partial charge in [0, 0.05) is 38.1 Å². The maximum Gasteiger partial charge on any atom is 0.0860 e. The van der Waals surface area contributed by atoms with Crippen LogP contribution in [0, 0.1) is 0 Å². The summed E-state index contributed by atoms with van der Waals surface area (Å²) in [5.41, 5.74) is 0. The van der Waals surface area contributed by atoms with E-state index in [0.29, 0.717) is 19.1 Å². The first kappa shape index (κ1) is 14.2. The molecule has 0 amide bonds. The van der Waals surface area contributed by atoms with Gasteiger partial charge in [-0.15, -0.1) is 0 Å². The van der Waals surface area contributed by atoms with Crippen molar-refractivity contribution in [3.05, 3.63) is 18.5 Å². The first-order valence-corrected chi connectivity index (χ1v) is 6.16. The lowest BCUT2D eigenvalue weighted by atomic mass is 10.3. The Balaban J connectivity index is 2.06. The van der Waals surface area contributed by atoms with E-state index in [-0.39, 0.29) is 6.10 Å². The lowest BCUT2D eigenvalue weighted by molar-refractivity contribution is 0.145. The molecular formula is C12H24N4O. The van der Waals surface area contributed by atoms with Crippen LogP contribution in [0.25, 0.3) is 0 Å². The van der Waals surface area contributed by atoms with Gasteiger partial charge >= 0.3 is 0 Å². The van der Waals surface area contributed by atoms with E-state index in [4.69, 9.17) is 0 Å². The second-order valence-corrected chi connectivity index (χ2v) is 4.66. The van der Waals surface area contributed by atoms with Crippen LogP contribution in [-0.4, -0.2) is 58.6 Å². The molecule has 0 aliphatic carbocycles. The smallest absolute Gasteiger partial charge is 0.0860 e. The zero-order valence-corrected chi connectivity index (χ0v) is 11.0. The van der Waals surface area contributed by atoms with Gasteiger partial charge in [-0.25, -0.2) is 0 Å². The number of hydrogen-bond acceptors (Lipinski definition) is 4. The van der Waals surface area contributed by atoms with E-state index >= 15 is 0 Å². The molecule has 0 aliphatic rings. The Morgan fingerprint density at radius 2 is 2.24 bits per heavy atom. The molecule has 1 atom stereocenters. The van der Waals surface area contributed by atoms with Gasteiger partial charge in [-0.2, -0.15) is 5.10 Å². The van der Waals surface area contributed by atoms with Gasteiger partial charge in [-0.3, -0.25) is 4.68 Å². The Morgan fingerprint density at radius 1 is 1.47 bits per heavy atom. The summed E-state index contributed by atoms with van der Waals surface area (Å²) >= 11 is 0. The number of nitrogens with zero attached hydrogens (tertiary/aromatic N) is 3. The van der Waals surface area contributed by atoms with Crippen molar-refractivity contribution in [3.63, 3.8) is 0 Å². The Kier molecular flexibility index (Phi) is 6.18. The number of aliphatic hydroxyl groups excluding tert-OH is 1. The second kappa shape index (κ2) is 7.42. The fourth-order valence-electron chi connectivity index (χ4n) is 1.47. The Hall–Kier alpha value is -0.910. The molecule has 98 valence electrons. The number of aromatic nitrogens is 2. The minimum atomic E-state index is -0.390. The maximum atomic E-state index is 9.76. The highest BCUT2D eigenvalue weighted by Crippen LogP contribution is 1.92. The van der Waals surface area contributed by atoms with E-state index < -0.39 is 0 Å². The van der Waals surface area contributed by atoms with Crippen LogP contribution in [0.1, 0.15) is 13.8 Å². The molecular weight excluding hydrogens is 216 g/mol. The first-order chi connectivity index (χ1) is 8.09. The van der Waals surface area contributed by atoms with Crippen LogP contribution >= 0.6 is 0 Å².